The Morgan fingerprint density at radius 1 is 1.05 bits per heavy atom. The summed E-state index contributed by atoms with van der Waals surface area (Å²) in [5.74, 6) is 0.632. The van der Waals surface area contributed by atoms with Crippen LogP contribution in [0.25, 0.3) is 0 Å². The van der Waals surface area contributed by atoms with Crippen molar-refractivity contribution in [3.63, 3.8) is 0 Å². The van der Waals surface area contributed by atoms with Crippen LogP contribution in [0.15, 0.2) is 42.5 Å². The number of halogens is 3. The molecule has 0 saturated heterocycles. The number of nitrogens with two attached hydrogens (primary N) is 1. The minimum atomic E-state index is -4.45. The van der Waals surface area contributed by atoms with Gasteiger partial charge >= 0.3 is 6.18 Å². The van der Waals surface area contributed by atoms with Gasteiger partial charge < -0.3 is 15.6 Å². The summed E-state index contributed by atoms with van der Waals surface area (Å²) in [6, 6.07) is 10.2. The van der Waals surface area contributed by atoms with E-state index in [1.54, 1.807) is 24.3 Å². The summed E-state index contributed by atoms with van der Waals surface area (Å²) in [7, 11) is 0. The van der Waals surface area contributed by atoms with Crippen molar-refractivity contribution >= 4 is 0 Å². The number of ether oxygens (including phenoxy) is 1. The first-order valence-electron chi connectivity index (χ1n) is 6.22. The molecule has 0 spiro atoms. The zero-order chi connectivity index (χ0) is 15.5. The van der Waals surface area contributed by atoms with Crippen LogP contribution in [0.5, 0.6) is 11.5 Å². The molecule has 0 unspecified atom stereocenters. The number of para-hydroxylation sites is 1. The summed E-state index contributed by atoms with van der Waals surface area (Å²) in [5.41, 5.74) is 5.11. The molecular weight excluding hydrogens is 283 g/mol. The third kappa shape index (κ3) is 3.53. The summed E-state index contributed by atoms with van der Waals surface area (Å²) < 4.78 is 43.9. The first kappa shape index (κ1) is 15.3. The molecule has 2 aromatic carbocycles. The van der Waals surface area contributed by atoms with Crippen molar-refractivity contribution < 1.29 is 23.0 Å². The predicted octanol–water partition coefficient (Wildman–Crippen LogP) is 3.45. The third-order valence-electron chi connectivity index (χ3n) is 2.97. The highest BCUT2D eigenvalue weighted by Gasteiger charge is 2.33. The molecule has 0 saturated carbocycles. The Morgan fingerprint density at radius 2 is 1.76 bits per heavy atom. The summed E-state index contributed by atoms with van der Waals surface area (Å²) in [6.07, 6.45) is -4.45. The highest BCUT2D eigenvalue weighted by molar-refractivity contribution is 5.42. The lowest BCUT2D eigenvalue weighted by Gasteiger charge is -2.14. The number of rotatable bonds is 4. The fourth-order valence-electron chi connectivity index (χ4n) is 1.94. The van der Waals surface area contributed by atoms with E-state index in [1.807, 2.05) is 0 Å². The lowest BCUT2D eigenvalue weighted by molar-refractivity contribution is -0.138. The van der Waals surface area contributed by atoms with E-state index in [1.165, 1.54) is 12.1 Å². The molecule has 2 rings (SSSR count). The third-order valence-corrected chi connectivity index (χ3v) is 2.97. The zero-order valence-corrected chi connectivity index (χ0v) is 11.0. The van der Waals surface area contributed by atoms with E-state index in [9.17, 15) is 18.3 Å². The van der Waals surface area contributed by atoms with Gasteiger partial charge in [-0.2, -0.15) is 13.2 Å². The van der Waals surface area contributed by atoms with E-state index in [-0.39, 0.29) is 24.5 Å². The van der Waals surface area contributed by atoms with Gasteiger partial charge in [0.1, 0.15) is 11.5 Å². The molecule has 6 heteroatoms. The molecule has 0 aliphatic carbocycles. The number of aliphatic hydroxyl groups is 1. The first-order valence-corrected chi connectivity index (χ1v) is 6.22. The number of hydrogen-bond donors (Lipinski definition) is 2. The minimum absolute atomic E-state index is 0.0403. The maximum absolute atomic E-state index is 12.8. The molecule has 3 N–H and O–H groups in total. The maximum atomic E-state index is 12.8. The molecule has 0 aromatic heterocycles. The van der Waals surface area contributed by atoms with Crippen molar-refractivity contribution in [2.75, 3.05) is 0 Å². The van der Waals surface area contributed by atoms with Crippen LogP contribution >= 0.6 is 0 Å². The van der Waals surface area contributed by atoms with Crippen molar-refractivity contribution in [1.29, 1.82) is 0 Å². The quantitative estimate of drug-likeness (QED) is 0.908. The molecule has 3 nitrogen and oxygen atoms in total. The van der Waals surface area contributed by atoms with Gasteiger partial charge in [-0.1, -0.05) is 18.2 Å². The molecule has 0 fully saturated rings. The van der Waals surface area contributed by atoms with Crippen LogP contribution in [0.2, 0.25) is 0 Å². The Bertz CT molecular complexity index is 627. The maximum Gasteiger partial charge on any atom is 0.416 e. The van der Waals surface area contributed by atoms with Gasteiger partial charge in [-0.3, -0.25) is 0 Å². The van der Waals surface area contributed by atoms with Crippen LogP contribution in [-0.2, 0) is 19.3 Å². The second-order valence-electron chi connectivity index (χ2n) is 4.39. The highest BCUT2D eigenvalue weighted by Crippen LogP contribution is 2.35. The Labute approximate surface area is 119 Å². The van der Waals surface area contributed by atoms with Crippen LogP contribution < -0.4 is 10.5 Å². The molecule has 0 amide bonds. The smallest absolute Gasteiger partial charge is 0.416 e. The lowest BCUT2D eigenvalue weighted by atomic mass is 10.1. The average Bonchev–Trinajstić information content (AvgIpc) is 2.46. The Balaban J connectivity index is 2.34. The lowest BCUT2D eigenvalue weighted by Crippen LogP contribution is -2.11. The average molecular weight is 297 g/mol. The SMILES string of the molecule is NCc1cc(Oc2ccccc2CO)ccc1C(F)(F)F. The molecule has 0 aliphatic rings. The van der Waals surface area contributed by atoms with Gasteiger partial charge in [0.05, 0.1) is 12.2 Å². The number of benzene rings is 2. The van der Waals surface area contributed by atoms with Gasteiger partial charge in [-0.15, -0.1) is 0 Å². The Kier molecular flexibility index (Phi) is 4.50. The normalized spacial score (nSPS) is 11.5. The number of alkyl halides is 3. The minimum Gasteiger partial charge on any atom is -0.457 e. The summed E-state index contributed by atoms with van der Waals surface area (Å²) >= 11 is 0. The van der Waals surface area contributed by atoms with Crippen molar-refractivity contribution in [2.45, 2.75) is 19.3 Å². The van der Waals surface area contributed by atoms with Gasteiger partial charge in [0.25, 0.3) is 0 Å². The molecule has 21 heavy (non-hydrogen) atoms. The largest absolute Gasteiger partial charge is 0.457 e. The van der Waals surface area contributed by atoms with E-state index >= 15 is 0 Å². The highest BCUT2D eigenvalue weighted by atomic mass is 19.4. The molecule has 0 radical (unpaired) electrons. The Morgan fingerprint density at radius 3 is 2.38 bits per heavy atom. The molecule has 0 bridgehead atoms. The summed E-state index contributed by atoms with van der Waals surface area (Å²) in [5, 5.41) is 9.20. The van der Waals surface area contributed by atoms with Crippen molar-refractivity contribution in [3.05, 3.63) is 59.2 Å². The van der Waals surface area contributed by atoms with Crippen LogP contribution in [0, 0.1) is 0 Å². The van der Waals surface area contributed by atoms with E-state index in [4.69, 9.17) is 10.5 Å². The van der Waals surface area contributed by atoms with Crippen molar-refractivity contribution in [3.8, 4) is 11.5 Å². The first-order chi connectivity index (χ1) is 9.95. The second-order valence-corrected chi connectivity index (χ2v) is 4.39. The van der Waals surface area contributed by atoms with E-state index in [2.05, 4.69) is 0 Å². The van der Waals surface area contributed by atoms with E-state index in [0.717, 1.165) is 6.07 Å². The van der Waals surface area contributed by atoms with Crippen molar-refractivity contribution in [2.24, 2.45) is 5.73 Å². The topological polar surface area (TPSA) is 55.5 Å². The zero-order valence-electron chi connectivity index (χ0n) is 11.0. The summed E-state index contributed by atoms with van der Waals surface area (Å²) in [4.78, 5) is 0. The van der Waals surface area contributed by atoms with Crippen LogP contribution in [0.4, 0.5) is 13.2 Å². The van der Waals surface area contributed by atoms with Gasteiger partial charge in [-0.25, -0.2) is 0 Å². The molecule has 0 heterocycles. The second kappa shape index (κ2) is 6.15. The number of aliphatic hydroxyl groups excluding tert-OH is 1. The van der Waals surface area contributed by atoms with Gasteiger partial charge in [0.15, 0.2) is 0 Å². The van der Waals surface area contributed by atoms with E-state index in [0.29, 0.717) is 11.3 Å². The predicted molar refractivity (Wildman–Crippen MR) is 71.8 cm³/mol. The molecule has 0 atom stereocenters. The molecule has 2 aromatic rings. The monoisotopic (exact) mass is 297 g/mol. The number of hydrogen-bond acceptors (Lipinski definition) is 3. The van der Waals surface area contributed by atoms with Crippen LogP contribution in [0.1, 0.15) is 16.7 Å². The fraction of sp³-hybridized carbons (Fsp3) is 0.200. The van der Waals surface area contributed by atoms with Crippen LogP contribution in [-0.4, -0.2) is 5.11 Å². The molecule has 112 valence electrons. The van der Waals surface area contributed by atoms with Crippen LogP contribution in [0.3, 0.4) is 0 Å². The van der Waals surface area contributed by atoms with Gasteiger partial charge in [0.2, 0.25) is 0 Å². The molecular formula is C15H14F3NO2. The van der Waals surface area contributed by atoms with Gasteiger partial charge in [0, 0.05) is 12.1 Å². The molecule has 0 aliphatic heterocycles. The standard InChI is InChI=1S/C15H14F3NO2/c16-15(17,18)13-6-5-12(7-11(13)8-19)21-14-4-2-1-3-10(14)9-20/h1-7,20H,8-9,19H2. The van der Waals surface area contributed by atoms with Crippen molar-refractivity contribution in [1.82, 2.24) is 0 Å². The summed E-state index contributed by atoms with van der Waals surface area (Å²) in [6.45, 7) is -0.464. The fourth-order valence-corrected chi connectivity index (χ4v) is 1.94. The Hall–Kier alpha value is -2.05. The van der Waals surface area contributed by atoms with Gasteiger partial charge in [-0.05, 0) is 29.8 Å². The van der Waals surface area contributed by atoms with E-state index < -0.39 is 11.7 Å².